The second kappa shape index (κ2) is 4.45. The monoisotopic (exact) mass is 272 g/mol. The Morgan fingerprint density at radius 3 is 2.57 bits per heavy atom. The molecule has 0 saturated heterocycles. The lowest BCUT2D eigenvalue weighted by molar-refractivity contribution is 1.38. The van der Waals surface area contributed by atoms with Crippen LogP contribution in [0.2, 0.25) is 0 Å². The largest absolute Gasteiger partial charge is 0.360 e. The molecule has 2 heteroatoms. The summed E-state index contributed by atoms with van der Waals surface area (Å²) in [6.45, 7) is 4.21. The van der Waals surface area contributed by atoms with E-state index in [1.54, 1.807) is 0 Å². The van der Waals surface area contributed by atoms with Crippen LogP contribution in [0.5, 0.6) is 0 Å². The molecule has 4 aromatic rings. The quantitative estimate of drug-likeness (QED) is 0.519. The highest BCUT2D eigenvalue weighted by Crippen LogP contribution is 2.29. The molecule has 0 saturated carbocycles. The third-order valence-electron chi connectivity index (χ3n) is 3.96. The molecule has 0 aliphatic rings. The Kier molecular flexibility index (Phi) is 2.58. The highest BCUT2D eigenvalue weighted by Gasteiger charge is 2.08. The first kappa shape index (κ1) is 12.2. The number of nitrogens with zero attached hydrogens (tertiary/aromatic N) is 1. The summed E-state index contributed by atoms with van der Waals surface area (Å²) in [4.78, 5) is 8.16. The van der Waals surface area contributed by atoms with E-state index in [9.17, 15) is 0 Å². The minimum absolute atomic E-state index is 1.02. The van der Waals surface area contributed by atoms with Gasteiger partial charge in [-0.2, -0.15) is 0 Å². The SMILES string of the molecule is Cc1ccc2nc(-c3c[nH]c4cc(C)ccc34)ccc2c1. The molecular formula is C19H16N2. The molecule has 2 heterocycles. The fourth-order valence-corrected chi connectivity index (χ4v) is 2.85. The van der Waals surface area contributed by atoms with Crippen LogP contribution in [0.4, 0.5) is 0 Å². The lowest BCUT2D eigenvalue weighted by Gasteiger charge is -2.03. The summed E-state index contributed by atoms with van der Waals surface area (Å²) in [5, 5.41) is 2.41. The smallest absolute Gasteiger partial charge is 0.0731 e. The topological polar surface area (TPSA) is 28.7 Å². The summed E-state index contributed by atoms with van der Waals surface area (Å²) < 4.78 is 0. The molecule has 2 nitrogen and oxygen atoms in total. The molecule has 2 aromatic heterocycles. The van der Waals surface area contributed by atoms with Gasteiger partial charge in [0, 0.05) is 28.0 Å². The molecule has 0 bridgehead atoms. The molecule has 0 amide bonds. The molecule has 2 aromatic carbocycles. The summed E-state index contributed by atoms with van der Waals surface area (Å²) in [6, 6.07) is 17.1. The second-order valence-corrected chi connectivity index (χ2v) is 5.64. The van der Waals surface area contributed by atoms with Crippen molar-refractivity contribution < 1.29 is 0 Å². The van der Waals surface area contributed by atoms with Gasteiger partial charge in [0.25, 0.3) is 0 Å². The van der Waals surface area contributed by atoms with E-state index < -0.39 is 0 Å². The molecule has 102 valence electrons. The number of rotatable bonds is 1. The van der Waals surface area contributed by atoms with Gasteiger partial charge in [-0.3, -0.25) is 0 Å². The number of aromatic amines is 1. The Labute approximate surface area is 123 Å². The Hall–Kier alpha value is -2.61. The number of hydrogen-bond donors (Lipinski definition) is 1. The van der Waals surface area contributed by atoms with Crippen molar-refractivity contribution in [3.8, 4) is 11.3 Å². The van der Waals surface area contributed by atoms with E-state index in [1.165, 1.54) is 21.9 Å². The van der Waals surface area contributed by atoms with Crippen molar-refractivity contribution in [1.29, 1.82) is 0 Å². The van der Waals surface area contributed by atoms with Crippen LogP contribution in [-0.4, -0.2) is 9.97 Å². The summed E-state index contributed by atoms with van der Waals surface area (Å²) in [5.41, 5.74) is 6.90. The summed E-state index contributed by atoms with van der Waals surface area (Å²) in [5.74, 6) is 0. The van der Waals surface area contributed by atoms with E-state index in [0.29, 0.717) is 0 Å². The number of aromatic nitrogens is 2. The van der Waals surface area contributed by atoms with Gasteiger partial charge in [0.1, 0.15) is 0 Å². The average molecular weight is 272 g/mol. The highest BCUT2D eigenvalue weighted by molar-refractivity contribution is 5.96. The van der Waals surface area contributed by atoms with E-state index in [2.05, 4.69) is 67.4 Å². The van der Waals surface area contributed by atoms with Gasteiger partial charge in [-0.25, -0.2) is 4.98 Å². The maximum Gasteiger partial charge on any atom is 0.0731 e. The van der Waals surface area contributed by atoms with Crippen molar-refractivity contribution in [3.63, 3.8) is 0 Å². The third kappa shape index (κ3) is 2.00. The molecule has 0 fully saturated rings. The molecule has 0 aliphatic heterocycles. The molecule has 0 aliphatic carbocycles. The molecular weight excluding hydrogens is 256 g/mol. The number of aryl methyl sites for hydroxylation is 2. The minimum Gasteiger partial charge on any atom is -0.360 e. The first-order valence-corrected chi connectivity index (χ1v) is 7.16. The normalized spacial score (nSPS) is 11.3. The van der Waals surface area contributed by atoms with Crippen LogP contribution >= 0.6 is 0 Å². The van der Waals surface area contributed by atoms with Crippen LogP contribution in [0.3, 0.4) is 0 Å². The van der Waals surface area contributed by atoms with Gasteiger partial charge in [-0.15, -0.1) is 0 Å². The van der Waals surface area contributed by atoms with Crippen molar-refractivity contribution in [2.75, 3.05) is 0 Å². The minimum atomic E-state index is 1.02. The van der Waals surface area contributed by atoms with Gasteiger partial charge in [0.2, 0.25) is 0 Å². The molecule has 4 rings (SSSR count). The molecule has 1 N–H and O–H groups in total. The first-order valence-electron chi connectivity index (χ1n) is 7.16. The van der Waals surface area contributed by atoms with E-state index in [1.807, 2.05) is 6.20 Å². The number of pyridine rings is 1. The van der Waals surface area contributed by atoms with Crippen LogP contribution in [0.15, 0.2) is 54.7 Å². The summed E-state index contributed by atoms with van der Waals surface area (Å²) >= 11 is 0. The van der Waals surface area contributed by atoms with E-state index >= 15 is 0 Å². The zero-order valence-corrected chi connectivity index (χ0v) is 12.1. The number of nitrogens with one attached hydrogen (secondary N) is 1. The molecule has 0 spiro atoms. The van der Waals surface area contributed by atoms with Crippen LogP contribution in [-0.2, 0) is 0 Å². The van der Waals surface area contributed by atoms with Gasteiger partial charge >= 0.3 is 0 Å². The highest BCUT2D eigenvalue weighted by atomic mass is 14.7. The first-order chi connectivity index (χ1) is 10.2. The van der Waals surface area contributed by atoms with Crippen LogP contribution < -0.4 is 0 Å². The number of benzene rings is 2. The predicted octanol–water partition coefficient (Wildman–Crippen LogP) is 5.00. The zero-order chi connectivity index (χ0) is 14.4. The fourth-order valence-electron chi connectivity index (χ4n) is 2.85. The predicted molar refractivity (Wildman–Crippen MR) is 88.5 cm³/mol. The lowest BCUT2D eigenvalue weighted by atomic mass is 10.1. The van der Waals surface area contributed by atoms with Crippen LogP contribution in [0.1, 0.15) is 11.1 Å². The fraction of sp³-hybridized carbons (Fsp3) is 0.105. The third-order valence-corrected chi connectivity index (χ3v) is 3.96. The number of fused-ring (bicyclic) bond motifs is 2. The average Bonchev–Trinajstić information content (AvgIpc) is 2.89. The molecule has 0 unspecified atom stereocenters. The maximum atomic E-state index is 4.81. The van der Waals surface area contributed by atoms with Crippen LogP contribution in [0.25, 0.3) is 33.1 Å². The Balaban J connectivity index is 1.93. The number of hydrogen-bond acceptors (Lipinski definition) is 1. The second-order valence-electron chi connectivity index (χ2n) is 5.64. The van der Waals surface area contributed by atoms with E-state index in [0.717, 1.165) is 22.3 Å². The van der Waals surface area contributed by atoms with Gasteiger partial charge in [-0.05, 0) is 43.7 Å². The summed E-state index contributed by atoms with van der Waals surface area (Å²) in [6.07, 6.45) is 2.05. The molecule has 0 radical (unpaired) electrons. The van der Waals surface area contributed by atoms with Crippen molar-refractivity contribution in [3.05, 3.63) is 65.9 Å². The van der Waals surface area contributed by atoms with Crippen molar-refractivity contribution in [2.24, 2.45) is 0 Å². The van der Waals surface area contributed by atoms with E-state index in [4.69, 9.17) is 4.98 Å². The zero-order valence-electron chi connectivity index (χ0n) is 12.1. The van der Waals surface area contributed by atoms with Gasteiger partial charge < -0.3 is 4.98 Å². The van der Waals surface area contributed by atoms with E-state index in [-0.39, 0.29) is 0 Å². The van der Waals surface area contributed by atoms with Crippen molar-refractivity contribution >= 4 is 21.8 Å². The molecule has 0 atom stereocenters. The van der Waals surface area contributed by atoms with Gasteiger partial charge in [0.15, 0.2) is 0 Å². The van der Waals surface area contributed by atoms with Gasteiger partial charge in [-0.1, -0.05) is 29.8 Å². The van der Waals surface area contributed by atoms with Crippen LogP contribution in [0, 0.1) is 13.8 Å². The van der Waals surface area contributed by atoms with Crippen molar-refractivity contribution in [2.45, 2.75) is 13.8 Å². The maximum absolute atomic E-state index is 4.81. The Morgan fingerprint density at radius 2 is 1.67 bits per heavy atom. The van der Waals surface area contributed by atoms with Gasteiger partial charge in [0.05, 0.1) is 11.2 Å². The molecule has 21 heavy (non-hydrogen) atoms. The summed E-state index contributed by atoms with van der Waals surface area (Å²) in [7, 11) is 0. The lowest BCUT2D eigenvalue weighted by Crippen LogP contribution is -1.85. The number of H-pyrrole nitrogens is 1. The Morgan fingerprint density at radius 1 is 0.857 bits per heavy atom. The standard InChI is InChI=1S/C19H16N2/c1-12-4-7-17-14(9-12)5-8-18(21-17)16-11-20-19-10-13(2)3-6-15(16)19/h3-11,20H,1-2H3. The van der Waals surface area contributed by atoms with Crippen molar-refractivity contribution in [1.82, 2.24) is 9.97 Å². The Bertz CT molecular complexity index is 964.